The number of aromatic nitrogens is 1. The number of thiazole rings is 1. The number of carbonyl (C=O) groups excluding carboxylic acids is 1. The van der Waals surface area contributed by atoms with Crippen molar-refractivity contribution in [2.45, 2.75) is 44.4 Å². The van der Waals surface area contributed by atoms with Crippen LogP contribution in [0.4, 0.5) is 18.0 Å². The van der Waals surface area contributed by atoms with Crippen LogP contribution in [0.5, 0.6) is 0 Å². The van der Waals surface area contributed by atoms with Gasteiger partial charge in [0, 0.05) is 24.7 Å². The van der Waals surface area contributed by atoms with Crippen LogP contribution in [0.15, 0.2) is 11.6 Å². The van der Waals surface area contributed by atoms with E-state index in [1.54, 1.807) is 13.2 Å². The van der Waals surface area contributed by atoms with Crippen LogP contribution >= 0.6 is 11.3 Å². The number of hydrogen-bond acceptors (Lipinski definition) is 3. The second-order valence-corrected chi connectivity index (χ2v) is 6.31. The molecule has 1 aliphatic rings. The molecule has 1 saturated carbocycles. The molecule has 118 valence electrons. The first-order valence-corrected chi connectivity index (χ1v) is 7.71. The maximum atomic E-state index is 12.7. The number of hydrogen-bond donors (Lipinski definition) is 1. The Morgan fingerprint density at radius 3 is 2.90 bits per heavy atom. The molecule has 1 aromatic rings. The third-order valence-electron chi connectivity index (χ3n) is 3.67. The second-order valence-electron chi connectivity index (χ2n) is 5.33. The predicted octanol–water partition coefficient (Wildman–Crippen LogP) is 3.41. The molecule has 21 heavy (non-hydrogen) atoms. The molecule has 1 aromatic heterocycles. The van der Waals surface area contributed by atoms with Crippen LogP contribution < -0.4 is 5.32 Å². The van der Waals surface area contributed by atoms with E-state index in [2.05, 4.69) is 10.3 Å². The van der Waals surface area contributed by atoms with Crippen molar-refractivity contribution in [3.05, 3.63) is 16.6 Å². The lowest BCUT2D eigenvalue weighted by Crippen LogP contribution is -2.46. The van der Waals surface area contributed by atoms with Crippen molar-refractivity contribution in [3.63, 3.8) is 0 Å². The molecule has 0 radical (unpaired) electrons. The van der Waals surface area contributed by atoms with Crippen molar-refractivity contribution < 1.29 is 18.0 Å². The summed E-state index contributed by atoms with van der Waals surface area (Å²) < 4.78 is 38.2. The van der Waals surface area contributed by atoms with Crippen molar-refractivity contribution in [2.24, 2.45) is 5.92 Å². The van der Waals surface area contributed by atoms with Crippen LogP contribution in [0.1, 0.15) is 30.7 Å². The Morgan fingerprint density at radius 2 is 2.29 bits per heavy atom. The van der Waals surface area contributed by atoms with E-state index in [4.69, 9.17) is 0 Å². The maximum Gasteiger partial charge on any atom is 0.391 e. The summed E-state index contributed by atoms with van der Waals surface area (Å²) in [7, 11) is 1.61. The summed E-state index contributed by atoms with van der Waals surface area (Å²) in [6.45, 7) is 0.360. The van der Waals surface area contributed by atoms with Crippen LogP contribution in [0.3, 0.4) is 0 Å². The highest BCUT2D eigenvalue weighted by molar-refractivity contribution is 7.09. The van der Waals surface area contributed by atoms with Gasteiger partial charge < -0.3 is 10.2 Å². The fraction of sp³-hybridized carbons (Fsp3) is 0.692. The predicted molar refractivity (Wildman–Crippen MR) is 73.9 cm³/mol. The highest BCUT2D eigenvalue weighted by Crippen LogP contribution is 2.37. The molecule has 4 nitrogen and oxygen atoms in total. The van der Waals surface area contributed by atoms with Crippen LogP contribution in [0.25, 0.3) is 0 Å². The van der Waals surface area contributed by atoms with E-state index in [9.17, 15) is 18.0 Å². The number of halogens is 3. The van der Waals surface area contributed by atoms with Gasteiger partial charge in [-0.15, -0.1) is 11.3 Å². The monoisotopic (exact) mass is 321 g/mol. The Kier molecular flexibility index (Phi) is 5.08. The quantitative estimate of drug-likeness (QED) is 0.927. The van der Waals surface area contributed by atoms with E-state index in [1.165, 1.54) is 16.2 Å². The first-order chi connectivity index (χ1) is 9.86. The van der Waals surface area contributed by atoms with Crippen LogP contribution in [0, 0.1) is 5.92 Å². The molecule has 1 fully saturated rings. The molecular weight excluding hydrogens is 303 g/mol. The van der Waals surface area contributed by atoms with Gasteiger partial charge in [-0.05, 0) is 19.3 Å². The molecular formula is C13H18F3N3OS. The molecule has 0 saturated heterocycles. The fourth-order valence-electron chi connectivity index (χ4n) is 2.51. The van der Waals surface area contributed by atoms with E-state index in [1.807, 2.05) is 5.38 Å². The summed E-state index contributed by atoms with van der Waals surface area (Å²) in [5.41, 5.74) is 0. The summed E-state index contributed by atoms with van der Waals surface area (Å²) >= 11 is 1.44. The lowest BCUT2D eigenvalue weighted by molar-refractivity contribution is -0.183. The molecule has 1 aliphatic carbocycles. The molecule has 0 unspecified atom stereocenters. The molecule has 1 N–H and O–H groups in total. The largest absolute Gasteiger partial charge is 0.391 e. The summed E-state index contributed by atoms with van der Waals surface area (Å²) in [6, 6.07) is -0.755. The van der Waals surface area contributed by atoms with Gasteiger partial charge in [0.05, 0.1) is 12.5 Å². The molecule has 8 heteroatoms. The van der Waals surface area contributed by atoms with Crippen LogP contribution in [-0.4, -0.2) is 35.2 Å². The van der Waals surface area contributed by atoms with Gasteiger partial charge in [0.15, 0.2) is 0 Å². The van der Waals surface area contributed by atoms with E-state index in [0.717, 1.165) is 5.01 Å². The summed E-state index contributed by atoms with van der Waals surface area (Å²) in [6.07, 6.45) is -1.29. The van der Waals surface area contributed by atoms with E-state index < -0.39 is 18.1 Å². The Labute approximate surface area is 125 Å². The van der Waals surface area contributed by atoms with Crippen molar-refractivity contribution in [1.29, 1.82) is 0 Å². The van der Waals surface area contributed by atoms with Gasteiger partial charge in [-0.2, -0.15) is 13.2 Å². The summed E-state index contributed by atoms with van der Waals surface area (Å²) in [5, 5.41) is 5.31. The van der Waals surface area contributed by atoms with Gasteiger partial charge in [-0.3, -0.25) is 0 Å². The number of nitrogens with zero attached hydrogens (tertiary/aromatic N) is 2. The zero-order chi connectivity index (χ0) is 15.5. The van der Waals surface area contributed by atoms with Crippen LogP contribution in [-0.2, 0) is 6.54 Å². The molecule has 0 aromatic carbocycles. The normalized spacial score (nSPS) is 22.9. The van der Waals surface area contributed by atoms with Crippen LogP contribution in [0.2, 0.25) is 0 Å². The smallest absolute Gasteiger partial charge is 0.335 e. The number of alkyl halides is 3. The fourth-order valence-corrected chi connectivity index (χ4v) is 3.18. The lowest BCUT2D eigenvalue weighted by atomic mass is 9.85. The maximum absolute atomic E-state index is 12.7. The van der Waals surface area contributed by atoms with Gasteiger partial charge in [0.2, 0.25) is 0 Å². The third-order valence-corrected chi connectivity index (χ3v) is 4.43. The average molecular weight is 321 g/mol. The Morgan fingerprint density at radius 1 is 1.52 bits per heavy atom. The molecule has 0 spiro atoms. The Bertz CT molecular complexity index is 464. The van der Waals surface area contributed by atoms with Crippen molar-refractivity contribution in [1.82, 2.24) is 15.2 Å². The number of urea groups is 1. The number of carbonyl (C=O) groups is 1. The van der Waals surface area contributed by atoms with Gasteiger partial charge in [-0.1, -0.05) is 6.42 Å². The topological polar surface area (TPSA) is 45.2 Å². The number of nitrogens with one attached hydrogen (secondary N) is 1. The van der Waals surface area contributed by atoms with E-state index in [-0.39, 0.29) is 18.9 Å². The van der Waals surface area contributed by atoms with Gasteiger partial charge >= 0.3 is 12.2 Å². The first kappa shape index (κ1) is 16.1. The first-order valence-electron chi connectivity index (χ1n) is 6.83. The number of rotatable bonds is 3. The minimum Gasteiger partial charge on any atom is -0.335 e. The van der Waals surface area contributed by atoms with Gasteiger partial charge in [0.25, 0.3) is 0 Å². The SMILES string of the molecule is CN(Cc1nccs1)C(=O)N[C@H]1CCC[C@H](C(F)(F)F)C1. The summed E-state index contributed by atoms with van der Waals surface area (Å²) in [4.78, 5) is 17.5. The van der Waals surface area contributed by atoms with Crippen molar-refractivity contribution in [2.75, 3.05) is 7.05 Å². The molecule has 2 amide bonds. The second kappa shape index (κ2) is 6.64. The van der Waals surface area contributed by atoms with E-state index in [0.29, 0.717) is 19.4 Å². The minimum atomic E-state index is -4.17. The Balaban J connectivity index is 1.84. The lowest BCUT2D eigenvalue weighted by Gasteiger charge is -2.32. The van der Waals surface area contributed by atoms with Gasteiger partial charge in [0.1, 0.15) is 5.01 Å². The van der Waals surface area contributed by atoms with Crippen molar-refractivity contribution in [3.8, 4) is 0 Å². The molecule has 2 rings (SSSR count). The average Bonchev–Trinajstić information content (AvgIpc) is 2.91. The highest BCUT2D eigenvalue weighted by atomic mass is 32.1. The summed E-state index contributed by atoms with van der Waals surface area (Å²) in [5.74, 6) is -1.30. The van der Waals surface area contributed by atoms with Gasteiger partial charge in [-0.25, -0.2) is 9.78 Å². The zero-order valence-electron chi connectivity index (χ0n) is 11.7. The van der Waals surface area contributed by atoms with E-state index >= 15 is 0 Å². The Hall–Kier alpha value is -1.31. The molecule has 2 atom stereocenters. The number of amides is 2. The van der Waals surface area contributed by atoms with Crippen molar-refractivity contribution >= 4 is 17.4 Å². The third kappa shape index (κ3) is 4.59. The zero-order valence-corrected chi connectivity index (χ0v) is 12.5. The minimum absolute atomic E-state index is 0.0274. The highest BCUT2D eigenvalue weighted by Gasteiger charge is 2.42. The standard InChI is InChI=1S/C13H18F3N3OS/c1-19(8-11-17-5-6-21-11)12(20)18-10-4-2-3-9(7-10)13(14,15)16/h5-6,9-10H,2-4,7-8H2,1H3,(H,18,20)/t9-,10-/m0/s1. The molecule has 0 aliphatic heterocycles. The molecule has 0 bridgehead atoms. The molecule has 1 heterocycles.